The van der Waals surface area contributed by atoms with E-state index in [-0.39, 0.29) is 12.1 Å². The molecule has 0 saturated heterocycles. The van der Waals surface area contributed by atoms with Gasteiger partial charge in [-0.05, 0) is 58.7 Å². The Morgan fingerprint density at radius 1 is 1.20 bits per heavy atom. The van der Waals surface area contributed by atoms with Gasteiger partial charge in [-0.1, -0.05) is 12.1 Å². The van der Waals surface area contributed by atoms with E-state index in [4.69, 9.17) is 9.47 Å². The molecule has 1 atom stereocenters. The van der Waals surface area contributed by atoms with Gasteiger partial charge in [-0.2, -0.15) is 0 Å². The van der Waals surface area contributed by atoms with E-state index in [0.29, 0.717) is 4.47 Å². The number of amides is 1. The third kappa shape index (κ3) is 5.29. The van der Waals surface area contributed by atoms with Crippen molar-refractivity contribution < 1.29 is 23.5 Å². The second-order valence-corrected chi connectivity index (χ2v) is 6.09. The van der Waals surface area contributed by atoms with Crippen LogP contribution in [-0.2, 0) is 16.1 Å². The van der Waals surface area contributed by atoms with Gasteiger partial charge in [0.05, 0.1) is 12.7 Å². The Hall–Kier alpha value is -2.41. The van der Waals surface area contributed by atoms with Gasteiger partial charge in [0, 0.05) is 11.0 Å². The maximum atomic E-state index is 13.2. The normalized spacial score (nSPS) is 11.5. The molecule has 0 spiro atoms. The first-order valence-corrected chi connectivity index (χ1v) is 8.26. The Kier molecular flexibility index (Phi) is 6.52. The van der Waals surface area contributed by atoms with Crippen LogP contribution in [0.2, 0.25) is 0 Å². The van der Waals surface area contributed by atoms with Crippen LogP contribution < -0.4 is 10.1 Å². The molecule has 2 aromatic rings. The van der Waals surface area contributed by atoms with E-state index in [1.165, 1.54) is 19.1 Å². The molecule has 0 heterocycles. The summed E-state index contributed by atoms with van der Waals surface area (Å²) in [5.41, 5.74) is 0.898. The fraction of sp³-hybridized carbons (Fsp3) is 0.222. The number of halogens is 2. The van der Waals surface area contributed by atoms with Crippen molar-refractivity contribution in [3.8, 4) is 5.75 Å². The minimum atomic E-state index is -1.01. The highest BCUT2D eigenvalue weighted by Crippen LogP contribution is 2.19. The maximum absolute atomic E-state index is 13.2. The highest BCUT2D eigenvalue weighted by atomic mass is 79.9. The number of methoxy groups -OCH3 is 1. The number of hydrogen-bond acceptors (Lipinski definition) is 4. The molecule has 0 unspecified atom stereocenters. The summed E-state index contributed by atoms with van der Waals surface area (Å²) < 4.78 is 23.8. The molecule has 1 N–H and O–H groups in total. The number of nitrogens with one attached hydrogen (secondary N) is 1. The second kappa shape index (κ2) is 8.62. The van der Waals surface area contributed by atoms with Gasteiger partial charge in [0.1, 0.15) is 11.6 Å². The monoisotopic (exact) mass is 409 g/mol. The molecule has 5 nitrogen and oxygen atoms in total. The zero-order valence-corrected chi connectivity index (χ0v) is 15.3. The lowest BCUT2D eigenvalue weighted by Gasteiger charge is -2.14. The number of carbonyl (C=O) groups is 2. The van der Waals surface area contributed by atoms with Crippen molar-refractivity contribution in [3.63, 3.8) is 0 Å². The molecule has 0 aromatic heterocycles. The standard InChI is InChI=1S/C18H17BrFNO4/c1-11(25-18(23)15-9-13(20)5-8-16(15)19)17(22)21-10-12-3-6-14(24-2)7-4-12/h3-9,11H,10H2,1-2H3,(H,21,22)/t11-/m0/s1. The zero-order chi connectivity index (χ0) is 18.4. The zero-order valence-electron chi connectivity index (χ0n) is 13.7. The van der Waals surface area contributed by atoms with Gasteiger partial charge >= 0.3 is 5.97 Å². The molecule has 7 heteroatoms. The molecule has 0 bridgehead atoms. The minimum absolute atomic E-state index is 0.0230. The summed E-state index contributed by atoms with van der Waals surface area (Å²) in [7, 11) is 1.57. The summed E-state index contributed by atoms with van der Waals surface area (Å²) in [6, 6.07) is 10.9. The maximum Gasteiger partial charge on any atom is 0.340 e. The molecule has 0 aliphatic carbocycles. The summed E-state index contributed by atoms with van der Waals surface area (Å²) in [6.07, 6.45) is -1.01. The Morgan fingerprint density at radius 3 is 2.52 bits per heavy atom. The van der Waals surface area contributed by atoms with Crippen molar-refractivity contribution in [2.24, 2.45) is 0 Å². The predicted molar refractivity (Wildman–Crippen MR) is 93.8 cm³/mol. The molecule has 0 radical (unpaired) electrons. The molecule has 2 aromatic carbocycles. The first-order valence-electron chi connectivity index (χ1n) is 7.47. The van der Waals surface area contributed by atoms with Gasteiger partial charge in [-0.15, -0.1) is 0 Å². The first kappa shape index (κ1) is 18.9. The van der Waals surface area contributed by atoms with Crippen LogP contribution in [0.25, 0.3) is 0 Å². The average molecular weight is 410 g/mol. The fourth-order valence-corrected chi connectivity index (χ4v) is 2.42. The average Bonchev–Trinajstić information content (AvgIpc) is 2.61. The van der Waals surface area contributed by atoms with Crippen LogP contribution in [-0.4, -0.2) is 25.1 Å². The van der Waals surface area contributed by atoms with Gasteiger partial charge < -0.3 is 14.8 Å². The molecule has 0 aliphatic heterocycles. The van der Waals surface area contributed by atoms with Crippen LogP contribution >= 0.6 is 15.9 Å². The SMILES string of the molecule is COc1ccc(CNC(=O)[C@H](C)OC(=O)c2cc(F)ccc2Br)cc1. The molecule has 25 heavy (non-hydrogen) atoms. The van der Waals surface area contributed by atoms with Crippen LogP contribution in [0, 0.1) is 5.82 Å². The summed E-state index contributed by atoms with van der Waals surface area (Å²) in [6.45, 7) is 1.74. The van der Waals surface area contributed by atoms with Crippen LogP contribution in [0.4, 0.5) is 4.39 Å². The van der Waals surface area contributed by atoms with Gasteiger partial charge in [-0.25, -0.2) is 9.18 Å². The molecule has 0 fully saturated rings. The van der Waals surface area contributed by atoms with Gasteiger partial charge in [0.2, 0.25) is 0 Å². The molecular formula is C18H17BrFNO4. The minimum Gasteiger partial charge on any atom is -0.497 e. The number of hydrogen-bond donors (Lipinski definition) is 1. The van der Waals surface area contributed by atoms with E-state index < -0.39 is 23.8 Å². The van der Waals surface area contributed by atoms with Gasteiger partial charge in [0.25, 0.3) is 5.91 Å². The van der Waals surface area contributed by atoms with Crippen molar-refractivity contribution in [1.29, 1.82) is 0 Å². The molecule has 0 saturated carbocycles. The number of ether oxygens (including phenoxy) is 2. The smallest absolute Gasteiger partial charge is 0.340 e. The van der Waals surface area contributed by atoms with Crippen molar-refractivity contribution in [1.82, 2.24) is 5.32 Å². The molecule has 0 aliphatic rings. The highest BCUT2D eigenvalue weighted by molar-refractivity contribution is 9.10. The van der Waals surface area contributed by atoms with Crippen molar-refractivity contribution in [2.75, 3.05) is 7.11 Å². The summed E-state index contributed by atoms with van der Waals surface area (Å²) in [5.74, 6) is -1.07. The molecule has 2 rings (SSSR count). The lowest BCUT2D eigenvalue weighted by Crippen LogP contribution is -2.35. The Labute approximate surface area is 153 Å². The van der Waals surface area contributed by atoms with Crippen LogP contribution in [0.5, 0.6) is 5.75 Å². The predicted octanol–water partition coefficient (Wildman–Crippen LogP) is 3.46. The lowest BCUT2D eigenvalue weighted by molar-refractivity contribution is -0.129. The third-order valence-electron chi connectivity index (χ3n) is 3.43. The number of esters is 1. The van der Waals surface area contributed by atoms with Crippen LogP contribution in [0.3, 0.4) is 0 Å². The van der Waals surface area contributed by atoms with Gasteiger partial charge in [0.15, 0.2) is 6.10 Å². The molecule has 1 amide bonds. The van der Waals surface area contributed by atoms with Crippen LogP contribution in [0.15, 0.2) is 46.9 Å². The number of carbonyl (C=O) groups excluding carboxylic acids is 2. The van der Waals surface area contributed by atoms with E-state index in [9.17, 15) is 14.0 Å². The number of benzene rings is 2. The van der Waals surface area contributed by atoms with Crippen molar-refractivity contribution >= 4 is 27.8 Å². The van der Waals surface area contributed by atoms with E-state index in [1.54, 1.807) is 19.2 Å². The topological polar surface area (TPSA) is 64.6 Å². The summed E-state index contributed by atoms with van der Waals surface area (Å²) in [4.78, 5) is 24.1. The highest BCUT2D eigenvalue weighted by Gasteiger charge is 2.20. The number of rotatable bonds is 6. The molecule has 132 valence electrons. The fourth-order valence-electron chi connectivity index (χ4n) is 2.01. The molecular weight excluding hydrogens is 393 g/mol. The lowest BCUT2D eigenvalue weighted by atomic mass is 10.2. The van der Waals surface area contributed by atoms with Crippen molar-refractivity contribution in [3.05, 3.63) is 63.9 Å². The largest absolute Gasteiger partial charge is 0.497 e. The first-order chi connectivity index (χ1) is 11.9. The van der Waals surface area contributed by atoms with Crippen LogP contribution in [0.1, 0.15) is 22.8 Å². The Morgan fingerprint density at radius 2 is 1.88 bits per heavy atom. The summed E-state index contributed by atoms with van der Waals surface area (Å²) in [5, 5.41) is 2.68. The Balaban J connectivity index is 1.90. The second-order valence-electron chi connectivity index (χ2n) is 5.24. The Bertz CT molecular complexity index is 764. The van der Waals surface area contributed by atoms with E-state index in [2.05, 4.69) is 21.2 Å². The van der Waals surface area contributed by atoms with Crippen molar-refractivity contribution in [2.45, 2.75) is 19.6 Å². The van der Waals surface area contributed by atoms with E-state index in [1.807, 2.05) is 12.1 Å². The van der Waals surface area contributed by atoms with E-state index >= 15 is 0 Å². The quantitative estimate of drug-likeness (QED) is 0.741. The third-order valence-corrected chi connectivity index (χ3v) is 4.12. The summed E-state index contributed by atoms with van der Waals surface area (Å²) >= 11 is 3.15. The van der Waals surface area contributed by atoms with E-state index in [0.717, 1.165) is 17.4 Å². The van der Waals surface area contributed by atoms with Gasteiger partial charge in [-0.3, -0.25) is 4.79 Å².